The van der Waals surface area contributed by atoms with Crippen molar-refractivity contribution in [1.82, 2.24) is 4.98 Å². The lowest BCUT2D eigenvalue weighted by Gasteiger charge is -2.27. The smallest absolute Gasteiger partial charge is 0.128 e. The topological polar surface area (TPSA) is 42.1 Å². The number of nitrogens with two attached hydrogens (primary N) is 1. The van der Waals surface area contributed by atoms with Gasteiger partial charge in [-0.05, 0) is 37.7 Å². The first-order valence-corrected chi connectivity index (χ1v) is 7.90. The summed E-state index contributed by atoms with van der Waals surface area (Å²) < 4.78 is 0. The minimum Gasteiger partial charge on any atom is -0.356 e. The lowest BCUT2D eigenvalue weighted by Crippen LogP contribution is -2.33. The van der Waals surface area contributed by atoms with E-state index in [4.69, 9.17) is 5.73 Å². The summed E-state index contributed by atoms with van der Waals surface area (Å²) in [6.45, 7) is 4.24. The lowest BCUT2D eigenvalue weighted by atomic mass is 10.1. The quantitative estimate of drug-likeness (QED) is 0.824. The number of pyridine rings is 1. The molecule has 18 heavy (non-hydrogen) atoms. The van der Waals surface area contributed by atoms with Gasteiger partial charge in [0.1, 0.15) is 5.82 Å². The molecule has 0 aliphatic heterocycles. The van der Waals surface area contributed by atoms with E-state index in [1.807, 2.05) is 24.9 Å². The highest BCUT2D eigenvalue weighted by Crippen LogP contribution is 2.17. The Kier molecular flexibility index (Phi) is 6.50. The molecular formula is C14H25N3S. The third-order valence-corrected chi connectivity index (χ3v) is 3.82. The molecule has 4 heteroatoms. The molecule has 0 saturated heterocycles. The summed E-state index contributed by atoms with van der Waals surface area (Å²) in [5.41, 5.74) is 7.00. The second kappa shape index (κ2) is 7.64. The summed E-state index contributed by atoms with van der Waals surface area (Å²) in [6.07, 6.45) is 6.12. The van der Waals surface area contributed by atoms with Gasteiger partial charge in [-0.2, -0.15) is 11.8 Å². The fourth-order valence-electron chi connectivity index (χ4n) is 2.00. The van der Waals surface area contributed by atoms with Gasteiger partial charge < -0.3 is 10.6 Å². The largest absolute Gasteiger partial charge is 0.356 e. The van der Waals surface area contributed by atoms with Crippen molar-refractivity contribution in [1.29, 1.82) is 0 Å². The van der Waals surface area contributed by atoms with Crippen LogP contribution in [0.5, 0.6) is 0 Å². The van der Waals surface area contributed by atoms with Gasteiger partial charge >= 0.3 is 0 Å². The molecule has 0 amide bonds. The van der Waals surface area contributed by atoms with Crippen molar-refractivity contribution in [3.05, 3.63) is 23.9 Å². The zero-order valence-electron chi connectivity index (χ0n) is 11.9. The highest BCUT2D eigenvalue weighted by Gasteiger charge is 2.13. The predicted molar refractivity (Wildman–Crippen MR) is 82.5 cm³/mol. The number of nitrogens with zero attached hydrogens (tertiary/aromatic N) is 2. The number of thioether (sulfide) groups is 1. The average Bonchev–Trinajstić information content (AvgIpc) is 2.35. The van der Waals surface area contributed by atoms with Gasteiger partial charge in [0.2, 0.25) is 0 Å². The summed E-state index contributed by atoms with van der Waals surface area (Å²) >= 11 is 1.88. The average molecular weight is 267 g/mol. The number of hydrogen-bond donors (Lipinski definition) is 1. The van der Waals surface area contributed by atoms with E-state index in [0.717, 1.165) is 24.4 Å². The van der Waals surface area contributed by atoms with Crippen molar-refractivity contribution in [2.45, 2.75) is 38.8 Å². The van der Waals surface area contributed by atoms with Crippen molar-refractivity contribution in [3.8, 4) is 0 Å². The van der Waals surface area contributed by atoms with Gasteiger partial charge in [0, 0.05) is 31.1 Å². The molecule has 0 spiro atoms. The van der Waals surface area contributed by atoms with E-state index < -0.39 is 0 Å². The highest BCUT2D eigenvalue weighted by atomic mass is 32.2. The Morgan fingerprint density at radius 2 is 2.17 bits per heavy atom. The standard InChI is InChI=1S/C14H25N3S/c1-5-13(10-18-4)17(3)14-7-6-12(9-16-14)8-11(2)15/h6-7,9,11,13H,5,8,10,15H2,1-4H3. The third-order valence-electron chi connectivity index (χ3n) is 3.11. The zero-order chi connectivity index (χ0) is 13.5. The number of rotatable bonds is 7. The molecule has 1 aromatic rings. The molecular weight excluding hydrogens is 242 g/mol. The van der Waals surface area contributed by atoms with E-state index in [9.17, 15) is 0 Å². The van der Waals surface area contributed by atoms with Crippen LogP contribution in [-0.4, -0.2) is 36.1 Å². The molecule has 0 aromatic carbocycles. The molecule has 0 bridgehead atoms. The maximum atomic E-state index is 5.79. The van der Waals surface area contributed by atoms with Gasteiger partial charge in [-0.15, -0.1) is 0 Å². The van der Waals surface area contributed by atoms with Crippen LogP contribution in [0.2, 0.25) is 0 Å². The fraction of sp³-hybridized carbons (Fsp3) is 0.643. The first-order chi connectivity index (χ1) is 8.58. The third kappa shape index (κ3) is 4.50. The molecule has 1 rings (SSSR count). The first-order valence-electron chi connectivity index (χ1n) is 6.50. The summed E-state index contributed by atoms with van der Waals surface area (Å²) in [7, 11) is 2.12. The van der Waals surface area contributed by atoms with E-state index in [1.165, 1.54) is 5.56 Å². The van der Waals surface area contributed by atoms with Crippen molar-refractivity contribution in [2.75, 3.05) is 24.0 Å². The van der Waals surface area contributed by atoms with E-state index in [-0.39, 0.29) is 6.04 Å². The molecule has 0 radical (unpaired) electrons. The summed E-state index contributed by atoms with van der Waals surface area (Å²) in [5, 5.41) is 0. The van der Waals surface area contributed by atoms with Crippen LogP contribution in [-0.2, 0) is 6.42 Å². The van der Waals surface area contributed by atoms with Gasteiger partial charge in [-0.1, -0.05) is 13.0 Å². The van der Waals surface area contributed by atoms with Gasteiger partial charge in [0.05, 0.1) is 0 Å². The van der Waals surface area contributed by atoms with Crippen LogP contribution in [0.15, 0.2) is 18.3 Å². The Morgan fingerprint density at radius 3 is 2.61 bits per heavy atom. The summed E-state index contributed by atoms with van der Waals surface area (Å²) in [6, 6.07) is 4.97. The van der Waals surface area contributed by atoms with Gasteiger partial charge in [0.15, 0.2) is 0 Å². The zero-order valence-corrected chi connectivity index (χ0v) is 12.7. The van der Waals surface area contributed by atoms with Crippen molar-refractivity contribution in [3.63, 3.8) is 0 Å². The summed E-state index contributed by atoms with van der Waals surface area (Å²) in [5.74, 6) is 2.18. The van der Waals surface area contributed by atoms with Crippen molar-refractivity contribution >= 4 is 17.6 Å². The lowest BCUT2D eigenvalue weighted by molar-refractivity contribution is 0.665. The molecule has 1 aromatic heterocycles. The van der Waals surface area contributed by atoms with Gasteiger partial charge in [-0.25, -0.2) is 4.98 Å². The van der Waals surface area contributed by atoms with Crippen LogP contribution >= 0.6 is 11.8 Å². The van der Waals surface area contributed by atoms with Crippen LogP contribution in [0.25, 0.3) is 0 Å². The second-order valence-corrected chi connectivity index (χ2v) is 5.75. The Morgan fingerprint density at radius 1 is 1.44 bits per heavy atom. The normalized spacial score (nSPS) is 14.3. The SMILES string of the molecule is CCC(CSC)N(C)c1ccc(CC(C)N)cn1. The maximum Gasteiger partial charge on any atom is 0.128 e. The Bertz CT molecular complexity index is 337. The van der Waals surface area contributed by atoms with Gasteiger partial charge in [0.25, 0.3) is 0 Å². The first kappa shape index (κ1) is 15.3. The van der Waals surface area contributed by atoms with Crippen LogP contribution < -0.4 is 10.6 Å². The highest BCUT2D eigenvalue weighted by molar-refractivity contribution is 7.98. The molecule has 2 atom stereocenters. The number of aromatic nitrogens is 1. The molecule has 0 saturated carbocycles. The van der Waals surface area contributed by atoms with E-state index >= 15 is 0 Å². The molecule has 0 aliphatic rings. The minimum atomic E-state index is 0.190. The molecule has 0 aliphatic carbocycles. The Labute approximate surface area is 115 Å². The second-order valence-electron chi connectivity index (χ2n) is 4.83. The monoisotopic (exact) mass is 267 g/mol. The molecule has 2 unspecified atom stereocenters. The number of hydrogen-bond acceptors (Lipinski definition) is 4. The minimum absolute atomic E-state index is 0.190. The Balaban J connectivity index is 2.71. The van der Waals surface area contributed by atoms with Gasteiger partial charge in [-0.3, -0.25) is 0 Å². The summed E-state index contributed by atoms with van der Waals surface area (Å²) in [4.78, 5) is 6.81. The molecule has 1 heterocycles. The molecule has 102 valence electrons. The van der Waals surface area contributed by atoms with E-state index in [0.29, 0.717) is 6.04 Å². The Hall–Kier alpha value is -0.740. The van der Waals surface area contributed by atoms with E-state index in [1.54, 1.807) is 0 Å². The van der Waals surface area contributed by atoms with Crippen LogP contribution in [0.4, 0.5) is 5.82 Å². The fourth-order valence-corrected chi connectivity index (χ4v) is 2.84. The molecule has 2 N–H and O–H groups in total. The molecule has 0 fully saturated rings. The molecule has 3 nitrogen and oxygen atoms in total. The van der Waals surface area contributed by atoms with Crippen LogP contribution in [0.3, 0.4) is 0 Å². The van der Waals surface area contributed by atoms with Crippen molar-refractivity contribution in [2.24, 2.45) is 5.73 Å². The van der Waals surface area contributed by atoms with E-state index in [2.05, 4.69) is 42.2 Å². The number of anilines is 1. The van der Waals surface area contributed by atoms with Crippen LogP contribution in [0, 0.1) is 0 Å². The predicted octanol–water partition coefficient (Wildman–Crippen LogP) is 2.55. The van der Waals surface area contributed by atoms with Crippen LogP contribution in [0.1, 0.15) is 25.8 Å². The van der Waals surface area contributed by atoms with Crippen molar-refractivity contribution < 1.29 is 0 Å². The maximum absolute atomic E-state index is 5.79.